The van der Waals surface area contributed by atoms with E-state index in [1.54, 1.807) is 16.4 Å². The van der Waals surface area contributed by atoms with Crippen molar-refractivity contribution in [1.82, 2.24) is 23.6 Å². The average molecular weight is 494 g/mol. The second kappa shape index (κ2) is 9.42. The molecule has 0 spiro atoms. The zero-order chi connectivity index (χ0) is 23.7. The number of rotatable bonds is 6. The van der Waals surface area contributed by atoms with Crippen LogP contribution in [0.15, 0.2) is 77.7 Å². The van der Waals surface area contributed by atoms with Crippen LogP contribution >= 0.6 is 12.2 Å². The fraction of sp³-hybridized carbons (Fsp3) is 0.280. The van der Waals surface area contributed by atoms with Crippen molar-refractivity contribution in [3.63, 3.8) is 0 Å². The highest BCUT2D eigenvalue weighted by atomic mass is 32.2. The predicted octanol–water partition coefficient (Wildman–Crippen LogP) is 3.89. The number of aromatic nitrogens is 3. The first-order valence-corrected chi connectivity index (χ1v) is 13.2. The first-order valence-electron chi connectivity index (χ1n) is 11.3. The minimum atomic E-state index is -3.54. The van der Waals surface area contributed by atoms with Crippen molar-refractivity contribution in [2.75, 3.05) is 26.2 Å². The van der Waals surface area contributed by atoms with Crippen molar-refractivity contribution in [1.29, 1.82) is 0 Å². The van der Waals surface area contributed by atoms with Crippen LogP contribution in [0.1, 0.15) is 11.4 Å². The monoisotopic (exact) mass is 493 g/mol. The maximum absolute atomic E-state index is 13.2. The molecular weight excluding hydrogens is 466 g/mol. The number of nitrogens with zero attached hydrogens (tertiary/aromatic N) is 5. The molecule has 0 saturated carbocycles. The first kappa shape index (κ1) is 22.9. The second-order valence-corrected chi connectivity index (χ2v) is 10.9. The number of hydrogen-bond acceptors (Lipinski definition) is 5. The van der Waals surface area contributed by atoms with E-state index in [1.807, 2.05) is 64.7 Å². The summed E-state index contributed by atoms with van der Waals surface area (Å²) in [6.45, 7) is 5.31. The van der Waals surface area contributed by atoms with Gasteiger partial charge in [-0.25, -0.2) is 13.1 Å². The molecule has 0 atom stereocenters. The van der Waals surface area contributed by atoms with Gasteiger partial charge in [-0.15, -0.1) is 0 Å². The van der Waals surface area contributed by atoms with E-state index in [0.29, 0.717) is 49.1 Å². The van der Waals surface area contributed by atoms with Crippen LogP contribution in [0.4, 0.5) is 0 Å². The van der Waals surface area contributed by atoms with E-state index in [2.05, 4.69) is 22.1 Å². The quantitative estimate of drug-likeness (QED) is 0.382. The van der Waals surface area contributed by atoms with Crippen molar-refractivity contribution < 1.29 is 8.42 Å². The van der Waals surface area contributed by atoms with Crippen molar-refractivity contribution in [2.45, 2.75) is 25.0 Å². The summed E-state index contributed by atoms with van der Waals surface area (Å²) in [6, 6.07) is 23.3. The topological polar surface area (TPSA) is 63.4 Å². The van der Waals surface area contributed by atoms with Crippen LogP contribution in [0.25, 0.3) is 10.8 Å². The molecule has 34 heavy (non-hydrogen) atoms. The van der Waals surface area contributed by atoms with Gasteiger partial charge in [-0.2, -0.15) is 9.40 Å². The van der Waals surface area contributed by atoms with Gasteiger partial charge < -0.3 is 0 Å². The normalized spacial score (nSPS) is 15.7. The Balaban J connectivity index is 1.26. The molecule has 1 aromatic heterocycles. The molecule has 9 heteroatoms. The van der Waals surface area contributed by atoms with Gasteiger partial charge in [-0.1, -0.05) is 60.7 Å². The summed E-state index contributed by atoms with van der Waals surface area (Å²) in [6.07, 6.45) is 0. The summed E-state index contributed by atoms with van der Waals surface area (Å²) >= 11 is 5.70. The molecule has 5 rings (SSSR count). The summed E-state index contributed by atoms with van der Waals surface area (Å²) in [5, 5.41) is 6.61. The number of sulfonamides is 1. The highest BCUT2D eigenvalue weighted by molar-refractivity contribution is 7.89. The van der Waals surface area contributed by atoms with Gasteiger partial charge in [0.15, 0.2) is 4.77 Å². The summed E-state index contributed by atoms with van der Waals surface area (Å²) in [5.41, 5.74) is 1.17. The fourth-order valence-electron chi connectivity index (χ4n) is 4.37. The van der Waals surface area contributed by atoms with Crippen LogP contribution < -0.4 is 0 Å². The fourth-order valence-corrected chi connectivity index (χ4v) is 6.12. The number of fused-ring (bicyclic) bond motifs is 1. The largest absolute Gasteiger partial charge is 0.300 e. The molecule has 0 bridgehead atoms. The Hall–Kier alpha value is -2.85. The third-order valence-electron chi connectivity index (χ3n) is 6.32. The minimum absolute atomic E-state index is 0.345. The molecule has 0 radical (unpaired) electrons. The maximum atomic E-state index is 13.2. The molecule has 1 aliphatic heterocycles. The summed E-state index contributed by atoms with van der Waals surface area (Å²) in [5.74, 6) is 0.867. The Morgan fingerprint density at radius 1 is 0.882 bits per heavy atom. The van der Waals surface area contributed by atoms with Gasteiger partial charge in [0, 0.05) is 26.2 Å². The molecule has 0 amide bonds. The van der Waals surface area contributed by atoms with Crippen LogP contribution in [-0.2, 0) is 23.2 Å². The summed E-state index contributed by atoms with van der Waals surface area (Å²) < 4.78 is 32.6. The highest BCUT2D eigenvalue weighted by Gasteiger charge is 2.29. The Bertz CT molecular complexity index is 1470. The van der Waals surface area contributed by atoms with E-state index in [1.165, 1.54) is 5.56 Å². The lowest BCUT2D eigenvalue weighted by Gasteiger charge is -2.33. The third-order valence-corrected chi connectivity index (χ3v) is 8.64. The van der Waals surface area contributed by atoms with Crippen LogP contribution in [0.3, 0.4) is 0 Å². The molecule has 4 aromatic rings. The molecule has 1 aliphatic rings. The van der Waals surface area contributed by atoms with Gasteiger partial charge in [0.2, 0.25) is 10.0 Å². The molecule has 1 saturated heterocycles. The Labute approximate surface area is 204 Å². The number of piperazine rings is 1. The summed E-state index contributed by atoms with van der Waals surface area (Å²) in [7, 11) is -3.54. The Morgan fingerprint density at radius 3 is 2.29 bits per heavy atom. The molecule has 176 valence electrons. The Morgan fingerprint density at radius 2 is 1.56 bits per heavy atom. The smallest absolute Gasteiger partial charge is 0.243 e. The van der Waals surface area contributed by atoms with Crippen molar-refractivity contribution in [3.8, 4) is 0 Å². The standard InChI is InChI=1S/C25H27N5O2S2/c1-20-26-30(25(33)29(20)18-21-7-3-2-4-8-21)19-27-13-15-28(16-14-27)34(31,32)24-12-11-22-9-5-6-10-23(22)17-24/h2-12,17H,13-16,18-19H2,1H3. The number of benzene rings is 3. The molecule has 0 aliphatic carbocycles. The van der Waals surface area contributed by atoms with E-state index >= 15 is 0 Å². The van der Waals surface area contributed by atoms with Gasteiger partial charge in [0.05, 0.1) is 18.1 Å². The lowest BCUT2D eigenvalue weighted by atomic mass is 10.1. The third kappa shape index (κ3) is 4.56. The van der Waals surface area contributed by atoms with E-state index in [4.69, 9.17) is 12.2 Å². The molecule has 1 fully saturated rings. The molecule has 3 aromatic carbocycles. The van der Waals surface area contributed by atoms with Gasteiger partial charge >= 0.3 is 0 Å². The zero-order valence-corrected chi connectivity index (χ0v) is 20.7. The van der Waals surface area contributed by atoms with Crippen LogP contribution in [-0.4, -0.2) is 58.1 Å². The van der Waals surface area contributed by atoms with E-state index in [0.717, 1.165) is 16.6 Å². The molecule has 2 heterocycles. The van der Waals surface area contributed by atoms with Gasteiger partial charge in [0.25, 0.3) is 0 Å². The predicted molar refractivity (Wildman–Crippen MR) is 136 cm³/mol. The first-order chi connectivity index (χ1) is 16.4. The van der Waals surface area contributed by atoms with Crippen LogP contribution in [0.5, 0.6) is 0 Å². The number of hydrogen-bond donors (Lipinski definition) is 0. The molecule has 0 N–H and O–H groups in total. The van der Waals surface area contributed by atoms with Crippen LogP contribution in [0, 0.1) is 11.7 Å². The maximum Gasteiger partial charge on any atom is 0.243 e. The Kier molecular flexibility index (Phi) is 6.35. The second-order valence-electron chi connectivity index (χ2n) is 8.57. The van der Waals surface area contributed by atoms with E-state index in [-0.39, 0.29) is 0 Å². The molecule has 7 nitrogen and oxygen atoms in total. The van der Waals surface area contributed by atoms with Gasteiger partial charge in [-0.05, 0) is 47.6 Å². The zero-order valence-electron chi connectivity index (χ0n) is 19.0. The average Bonchev–Trinajstić information content (AvgIpc) is 3.12. The molecule has 0 unspecified atom stereocenters. The van der Waals surface area contributed by atoms with Crippen molar-refractivity contribution in [3.05, 3.63) is 89.0 Å². The van der Waals surface area contributed by atoms with Crippen molar-refractivity contribution in [2.24, 2.45) is 0 Å². The van der Waals surface area contributed by atoms with E-state index < -0.39 is 10.0 Å². The SMILES string of the molecule is Cc1nn(CN2CCN(S(=O)(=O)c3ccc4ccccc4c3)CC2)c(=S)n1Cc1ccccc1. The van der Waals surface area contributed by atoms with E-state index in [9.17, 15) is 8.42 Å². The van der Waals surface area contributed by atoms with Crippen LogP contribution in [0.2, 0.25) is 0 Å². The summed E-state index contributed by atoms with van der Waals surface area (Å²) in [4.78, 5) is 2.54. The van der Waals surface area contributed by atoms with Crippen molar-refractivity contribution >= 4 is 33.0 Å². The lowest BCUT2D eigenvalue weighted by molar-refractivity contribution is 0.144. The highest BCUT2D eigenvalue weighted by Crippen LogP contribution is 2.23. The molecular formula is C25H27N5O2S2. The van der Waals surface area contributed by atoms with Gasteiger partial charge in [0.1, 0.15) is 5.82 Å². The van der Waals surface area contributed by atoms with Gasteiger partial charge in [-0.3, -0.25) is 9.47 Å². The lowest BCUT2D eigenvalue weighted by Crippen LogP contribution is -2.48. The minimum Gasteiger partial charge on any atom is -0.300 e. The number of aryl methyl sites for hydroxylation is 1.